The average Bonchev–Trinajstić information content (AvgIpc) is 3.93. The van der Waals surface area contributed by atoms with Gasteiger partial charge in [-0.2, -0.15) is 0 Å². The van der Waals surface area contributed by atoms with Crippen LogP contribution in [0, 0.1) is 0 Å². The van der Waals surface area contributed by atoms with Crippen LogP contribution in [0.2, 0.25) is 0 Å². The smallest absolute Gasteiger partial charge is 0.0548 e. The molecule has 0 N–H and O–H groups in total. The van der Waals surface area contributed by atoms with Crippen LogP contribution in [0.15, 0.2) is 206 Å². The highest BCUT2D eigenvalue weighted by molar-refractivity contribution is 6.19. The molecule has 9 aromatic carbocycles. The van der Waals surface area contributed by atoms with Gasteiger partial charge < -0.3 is 9.13 Å². The van der Waals surface area contributed by atoms with E-state index in [2.05, 4.69) is 215 Å². The topological polar surface area (TPSA) is 9.86 Å². The molecule has 0 spiro atoms. The van der Waals surface area contributed by atoms with Crippen molar-refractivity contribution in [2.45, 2.75) is 6.42 Å². The van der Waals surface area contributed by atoms with Gasteiger partial charge in [-0.3, -0.25) is 0 Å². The Kier molecular flexibility index (Phi) is 7.02. The van der Waals surface area contributed by atoms with Gasteiger partial charge in [0.05, 0.1) is 22.1 Å². The number of hydrogen-bond acceptors (Lipinski definition) is 0. The Morgan fingerprint density at radius 2 is 0.807 bits per heavy atom. The molecule has 0 bridgehead atoms. The van der Waals surface area contributed by atoms with E-state index in [0.29, 0.717) is 0 Å². The monoisotopic (exact) mass is 724 g/mol. The second-order valence-electron chi connectivity index (χ2n) is 15.3. The van der Waals surface area contributed by atoms with Gasteiger partial charge >= 0.3 is 0 Å². The van der Waals surface area contributed by atoms with Crippen molar-refractivity contribution in [2.24, 2.45) is 0 Å². The molecule has 11 aromatic rings. The van der Waals surface area contributed by atoms with Gasteiger partial charge in [-0.05, 0) is 123 Å². The molecule has 0 amide bonds. The molecule has 0 aliphatic heterocycles. The maximum atomic E-state index is 2.49. The normalized spacial score (nSPS) is 12.1. The average molecular weight is 725 g/mol. The molecular formula is C55H36N2. The number of para-hydroxylation sites is 3. The summed E-state index contributed by atoms with van der Waals surface area (Å²) in [6, 6.07) is 75.9. The zero-order valence-electron chi connectivity index (χ0n) is 31.2. The third-order valence-corrected chi connectivity index (χ3v) is 12.1. The molecule has 2 heteroatoms. The molecule has 1 aliphatic carbocycles. The predicted octanol–water partition coefficient (Wildman–Crippen LogP) is 14.5. The van der Waals surface area contributed by atoms with Crippen molar-refractivity contribution in [2.75, 3.05) is 0 Å². The number of fused-ring (bicyclic) bond motifs is 9. The minimum atomic E-state index is 0.935. The molecule has 12 rings (SSSR count). The van der Waals surface area contributed by atoms with Gasteiger partial charge in [0.2, 0.25) is 0 Å². The van der Waals surface area contributed by atoms with Gasteiger partial charge in [-0.25, -0.2) is 0 Å². The summed E-state index contributed by atoms with van der Waals surface area (Å²) in [5, 5.41) is 5.03. The van der Waals surface area contributed by atoms with Crippen LogP contribution in [0.4, 0.5) is 0 Å². The highest BCUT2D eigenvalue weighted by Crippen LogP contribution is 2.46. The van der Waals surface area contributed by atoms with Crippen LogP contribution in [-0.2, 0) is 6.42 Å². The van der Waals surface area contributed by atoms with E-state index in [1.165, 1.54) is 111 Å². The zero-order valence-corrected chi connectivity index (χ0v) is 31.2. The zero-order chi connectivity index (χ0) is 37.5. The van der Waals surface area contributed by atoms with Crippen LogP contribution < -0.4 is 0 Å². The summed E-state index contributed by atoms with van der Waals surface area (Å²) in [4.78, 5) is 0. The first-order valence-corrected chi connectivity index (χ1v) is 19.8. The SMILES string of the molecule is c1ccc(-c2cccc(-c3cccc(-c4cccc5c4-c4cc(-n6c7ccccc7c7cc8c(cc76)c6ccccc6n8-c6ccccc6)ccc4C5)c3)c2)cc1. The Bertz CT molecular complexity index is 3360. The highest BCUT2D eigenvalue weighted by atomic mass is 15.0. The Morgan fingerprint density at radius 1 is 0.281 bits per heavy atom. The maximum absolute atomic E-state index is 2.49. The van der Waals surface area contributed by atoms with Crippen LogP contribution in [0.3, 0.4) is 0 Å². The van der Waals surface area contributed by atoms with Gasteiger partial charge in [0.1, 0.15) is 0 Å². The molecule has 57 heavy (non-hydrogen) atoms. The van der Waals surface area contributed by atoms with Crippen molar-refractivity contribution in [3.8, 4) is 55.9 Å². The van der Waals surface area contributed by atoms with E-state index in [0.717, 1.165) is 6.42 Å². The first kappa shape index (κ1) is 31.9. The van der Waals surface area contributed by atoms with Crippen LogP contribution in [0.5, 0.6) is 0 Å². The van der Waals surface area contributed by atoms with Crippen molar-refractivity contribution < 1.29 is 0 Å². The first-order valence-electron chi connectivity index (χ1n) is 19.8. The van der Waals surface area contributed by atoms with Crippen molar-refractivity contribution in [1.82, 2.24) is 9.13 Å². The molecule has 0 fully saturated rings. The van der Waals surface area contributed by atoms with Crippen LogP contribution >= 0.6 is 0 Å². The number of rotatable bonds is 5. The van der Waals surface area contributed by atoms with Crippen molar-refractivity contribution in [1.29, 1.82) is 0 Å². The summed E-state index contributed by atoms with van der Waals surface area (Å²) in [5.74, 6) is 0. The molecule has 0 atom stereocenters. The lowest BCUT2D eigenvalue weighted by Crippen LogP contribution is -1.96. The summed E-state index contributed by atoms with van der Waals surface area (Å²) in [6.45, 7) is 0. The van der Waals surface area contributed by atoms with E-state index in [1.54, 1.807) is 0 Å². The minimum absolute atomic E-state index is 0.935. The molecule has 2 nitrogen and oxygen atoms in total. The van der Waals surface area contributed by atoms with Gasteiger partial charge in [0.25, 0.3) is 0 Å². The van der Waals surface area contributed by atoms with Crippen molar-refractivity contribution in [3.63, 3.8) is 0 Å². The van der Waals surface area contributed by atoms with Crippen molar-refractivity contribution in [3.05, 3.63) is 217 Å². The molecule has 2 heterocycles. The molecule has 0 saturated heterocycles. The largest absolute Gasteiger partial charge is 0.309 e. The van der Waals surface area contributed by atoms with Crippen LogP contribution in [-0.4, -0.2) is 9.13 Å². The van der Waals surface area contributed by atoms with Gasteiger partial charge in [-0.1, -0.05) is 146 Å². The summed E-state index contributed by atoms with van der Waals surface area (Å²) in [5.41, 5.74) is 20.1. The number of benzene rings is 9. The summed E-state index contributed by atoms with van der Waals surface area (Å²) in [7, 11) is 0. The molecule has 266 valence electrons. The molecule has 0 saturated carbocycles. The maximum Gasteiger partial charge on any atom is 0.0548 e. The number of aromatic nitrogens is 2. The quantitative estimate of drug-likeness (QED) is 0.167. The molecule has 1 aliphatic rings. The van der Waals surface area contributed by atoms with Crippen molar-refractivity contribution >= 4 is 43.6 Å². The lowest BCUT2D eigenvalue weighted by molar-refractivity contribution is 1.17. The fourth-order valence-corrected chi connectivity index (χ4v) is 9.54. The van der Waals surface area contributed by atoms with E-state index in [1.807, 2.05) is 0 Å². The highest BCUT2D eigenvalue weighted by Gasteiger charge is 2.24. The Morgan fingerprint density at radius 3 is 1.49 bits per heavy atom. The summed E-state index contributed by atoms with van der Waals surface area (Å²) >= 11 is 0. The Hall–Kier alpha value is -7.42. The third kappa shape index (κ3) is 4.97. The fraction of sp³-hybridized carbons (Fsp3) is 0.0182. The van der Waals surface area contributed by atoms with E-state index in [4.69, 9.17) is 0 Å². The number of hydrogen-bond donors (Lipinski definition) is 0. The van der Waals surface area contributed by atoms with E-state index >= 15 is 0 Å². The lowest BCUT2D eigenvalue weighted by Gasteiger charge is -2.14. The van der Waals surface area contributed by atoms with E-state index in [9.17, 15) is 0 Å². The van der Waals surface area contributed by atoms with E-state index < -0.39 is 0 Å². The summed E-state index contributed by atoms with van der Waals surface area (Å²) in [6.07, 6.45) is 0.935. The first-order chi connectivity index (χ1) is 28.3. The van der Waals surface area contributed by atoms with Gasteiger partial charge in [-0.15, -0.1) is 0 Å². The second-order valence-corrected chi connectivity index (χ2v) is 15.3. The van der Waals surface area contributed by atoms with Gasteiger partial charge in [0.15, 0.2) is 0 Å². The second kappa shape index (κ2) is 12.6. The standard InChI is InChI=1S/C55H36N2/c1-3-14-36(15-4-1)37-16-11-17-38(30-37)39-18-12-19-40(31-39)45-25-13-20-42-32-41-28-29-44(33-48(41)55(42)45)57-52-27-10-8-24-47(52)50-34-53-49(35-54(50)57)46-23-7-9-26-51(46)56(53)43-21-5-2-6-22-43/h1-31,33-35H,32H2. The Labute approximate surface area is 331 Å². The molecule has 0 unspecified atom stereocenters. The third-order valence-electron chi connectivity index (χ3n) is 12.1. The Balaban J connectivity index is 1.02. The minimum Gasteiger partial charge on any atom is -0.309 e. The van der Waals surface area contributed by atoms with E-state index in [-0.39, 0.29) is 0 Å². The number of nitrogens with zero attached hydrogens (tertiary/aromatic N) is 2. The molecular weight excluding hydrogens is 689 g/mol. The van der Waals surface area contributed by atoms with Crippen LogP contribution in [0.25, 0.3) is 99.5 Å². The van der Waals surface area contributed by atoms with Crippen LogP contribution in [0.1, 0.15) is 11.1 Å². The molecule has 2 aromatic heterocycles. The lowest BCUT2D eigenvalue weighted by atomic mass is 9.91. The predicted molar refractivity (Wildman–Crippen MR) is 240 cm³/mol. The summed E-state index contributed by atoms with van der Waals surface area (Å²) < 4.78 is 4.90. The van der Waals surface area contributed by atoms with Gasteiger partial charge in [0, 0.05) is 32.9 Å². The fourth-order valence-electron chi connectivity index (χ4n) is 9.54. The molecule has 0 radical (unpaired) electrons.